The van der Waals surface area contributed by atoms with Crippen molar-refractivity contribution in [3.63, 3.8) is 0 Å². The summed E-state index contributed by atoms with van der Waals surface area (Å²) in [7, 11) is 0. The first-order chi connectivity index (χ1) is 13.8. The molecule has 0 saturated carbocycles. The van der Waals surface area contributed by atoms with Crippen LogP contribution in [0.25, 0.3) is 0 Å². The van der Waals surface area contributed by atoms with Gasteiger partial charge in [0, 0.05) is 0 Å². The fourth-order valence-electron chi connectivity index (χ4n) is 2.59. The molecule has 0 heterocycles. The molecule has 6 atom stereocenters. The van der Waals surface area contributed by atoms with Crippen molar-refractivity contribution in [2.75, 3.05) is 6.61 Å². The van der Waals surface area contributed by atoms with Gasteiger partial charge in [0.1, 0.15) is 18.1 Å². The van der Waals surface area contributed by atoms with Crippen LogP contribution < -0.4 is 21.7 Å². The number of amides is 3. The molecule has 6 unspecified atom stereocenters. The van der Waals surface area contributed by atoms with Gasteiger partial charge >= 0.3 is 5.97 Å². The van der Waals surface area contributed by atoms with Crippen molar-refractivity contribution in [3.8, 4) is 0 Å². The highest BCUT2D eigenvalue weighted by atomic mass is 16.4. The van der Waals surface area contributed by atoms with Crippen LogP contribution in [0.3, 0.4) is 0 Å². The number of hydrogen-bond donors (Lipinski definition) is 7. The minimum Gasteiger partial charge on any atom is -0.480 e. The van der Waals surface area contributed by atoms with Crippen molar-refractivity contribution in [2.45, 2.75) is 77.7 Å². The Morgan fingerprint density at radius 1 is 0.900 bits per heavy atom. The molecule has 0 spiro atoms. The zero-order chi connectivity index (χ0) is 23.6. The van der Waals surface area contributed by atoms with Crippen LogP contribution in [-0.2, 0) is 19.2 Å². The number of aliphatic hydroxyl groups is 2. The number of carbonyl (C=O) groups is 4. The first-order valence-electron chi connectivity index (χ1n) is 10.0. The van der Waals surface area contributed by atoms with Gasteiger partial charge in [-0.3, -0.25) is 14.4 Å². The van der Waals surface area contributed by atoms with Gasteiger partial charge in [0.15, 0.2) is 0 Å². The molecule has 0 aromatic heterocycles. The fraction of sp³-hybridized carbons (Fsp3) is 0.789. The van der Waals surface area contributed by atoms with Crippen LogP contribution in [0.4, 0.5) is 0 Å². The van der Waals surface area contributed by atoms with E-state index < -0.39 is 60.6 Å². The average Bonchev–Trinajstić information content (AvgIpc) is 2.66. The van der Waals surface area contributed by atoms with Gasteiger partial charge in [0.2, 0.25) is 17.7 Å². The number of nitrogens with two attached hydrogens (primary N) is 1. The predicted octanol–water partition coefficient (Wildman–Crippen LogP) is -1.68. The minimum atomic E-state index is -1.49. The zero-order valence-corrected chi connectivity index (χ0v) is 18.2. The van der Waals surface area contributed by atoms with E-state index >= 15 is 0 Å². The highest BCUT2D eigenvalue weighted by molar-refractivity contribution is 5.94. The summed E-state index contributed by atoms with van der Waals surface area (Å²) in [6.45, 7) is 7.67. The highest BCUT2D eigenvalue weighted by Crippen LogP contribution is 2.07. The van der Waals surface area contributed by atoms with Gasteiger partial charge in [-0.1, -0.05) is 34.1 Å². The van der Waals surface area contributed by atoms with E-state index in [9.17, 15) is 34.5 Å². The second-order valence-electron chi connectivity index (χ2n) is 7.91. The Labute approximate surface area is 176 Å². The monoisotopic (exact) mass is 432 g/mol. The molecule has 11 nitrogen and oxygen atoms in total. The summed E-state index contributed by atoms with van der Waals surface area (Å²) in [5, 5.41) is 35.5. The minimum absolute atomic E-state index is 0.0188. The lowest BCUT2D eigenvalue weighted by Gasteiger charge is -2.26. The Hall–Kier alpha value is -2.24. The maximum absolute atomic E-state index is 12.5. The Kier molecular flexibility index (Phi) is 12.2. The lowest BCUT2D eigenvalue weighted by Crippen LogP contribution is -2.60. The summed E-state index contributed by atoms with van der Waals surface area (Å²) in [5.74, 6) is -3.87. The summed E-state index contributed by atoms with van der Waals surface area (Å²) in [5.41, 5.74) is 5.81. The molecule has 0 rings (SSSR count). The molecule has 11 heteroatoms. The summed E-state index contributed by atoms with van der Waals surface area (Å²) < 4.78 is 0. The van der Waals surface area contributed by atoms with Crippen LogP contribution in [-0.4, -0.2) is 75.9 Å². The number of rotatable bonds is 13. The molecular formula is C19H36N4O7. The molecule has 30 heavy (non-hydrogen) atoms. The largest absolute Gasteiger partial charge is 0.480 e. The summed E-state index contributed by atoms with van der Waals surface area (Å²) >= 11 is 0. The third-order valence-corrected chi connectivity index (χ3v) is 4.76. The van der Waals surface area contributed by atoms with E-state index in [0.717, 1.165) is 0 Å². The third kappa shape index (κ3) is 9.06. The van der Waals surface area contributed by atoms with Gasteiger partial charge in [-0.05, 0) is 25.2 Å². The van der Waals surface area contributed by atoms with Crippen LogP contribution in [0, 0.1) is 11.8 Å². The number of aliphatic hydroxyl groups excluding tert-OH is 2. The quantitative estimate of drug-likeness (QED) is 0.179. The fourth-order valence-corrected chi connectivity index (χ4v) is 2.59. The van der Waals surface area contributed by atoms with Gasteiger partial charge in [-0.15, -0.1) is 0 Å². The van der Waals surface area contributed by atoms with E-state index in [1.165, 1.54) is 6.92 Å². The molecule has 0 aliphatic rings. The Balaban J connectivity index is 5.21. The molecule has 0 aromatic rings. The maximum Gasteiger partial charge on any atom is 0.326 e. The van der Waals surface area contributed by atoms with Gasteiger partial charge in [-0.2, -0.15) is 0 Å². The van der Waals surface area contributed by atoms with Crippen molar-refractivity contribution in [1.82, 2.24) is 16.0 Å². The standard InChI is InChI=1S/C19H36N4O7/c1-6-10(4)14(20)17(27)22-13(8-24)16(26)23-15(11(5)25)18(28)21-12(19(29)30)7-9(2)3/h9-15,24-25H,6-8,20H2,1-5H3,(H,21,28)(H,22,27)(H,23,26)(H,29,30). The van der Waals surface area contributed by atoms with Gasteiger partial charge in [0.25, 0.3) is 0 Å². The first-order valence-corrected chi connectivity index (χ1v) is 10.0. The van der Waals surface area contributed by atoms with Gasteiger partial charge in [0.05, 0.1) is 18.8 Å². The molecule has 0 bridgehead atoms. The molecule has 0 aliphatic heterocycles. The van der Waals surface area contributed by atoms with Crippen molar-refractivity contribution in [2.24, 2.45) is 17.6 Å². The molecule has 0 saturated heterocycles. The van der Waals surface area contributed by atoms with E-state index in [0.29, 0.717) is 6.42 Å². The number of carboxylic acids is 1. The number of hydrogen-bond acceptors (Lipinski definition) is 7. The molecule has 3 amide bonds. The van der Waals surface area contributed by atoms with Crippen molar-refractivity contribution in [3.05, 3.63) is 0 Å². The number of carboxylic acid groups (broad SMARTS) is 1. The van der Waals surface area contributed by atoms with Crippen LogP contribution in [0.1, 0.15) is 47.5 Å². The van der Waals surface area contributed by atoms with Crippen molar-refractivity contribution < 1.29 is 34.5 Å². The summed E-state index contributed by atoms with van der Waals surface area (Å²) in [4.78, 5) is 48.4. The molecule has 0 aromatic carbocycles. The molecular weight excluding hydrogens is 396 g/mol. The van der Waals surface area contributed by atoms with Crippen molar-refractivity contribution >= 4 is 23.7 Å². The number of aliphatic carboxylic acids is 1. The maximum atomic E-state index is 12.5. The van der Waals surface area contributed by atoms with Gasteiger partial charge < -0.3 is 37.0 Å². The van der Waals surface area contributed by atoms with E-state index in [2.05, 4.69) is 16.0 Å². The lowest BCUT2D eigenvalue weighted by molar-refractivity contribution is -0.143. The summed E-state index contributed by atoms with van der Waals surface area (Å²) in [6, 6.07) is -4.97. The number of nitrogens with one attached hydrogen (secondary N) is 3. The smallest absolute Gasteiger partial charge is 0.326 e. The van der Waals surface area contributed by atoms with Gasteiger partial charge in [-0.25, -0.2) is 4.79 Å². The van der Waals surface area contributed by atoms with E-state index in [-0.39, 0.29) is 18.3 Å². The molecule has 8 N–H and O–H groups in total. The zero-order valence-electron chi connectivity index (χ0n) is 18.2. The normalized spacial score (nSPS) is 17.2. The van der Waals surface area contributed by atoms with Crippen LogP contribution in [0.5, 0.6) is 0 Å². The van der Waals surface area contributed by atoms with Crippen LogP contribution in [0.2, 0.25) is 0 Å². The predicted molar refractivity (Wildman–Crippen MR) is 109 cm³/mol. The molecule has 0 radical (unpaired) electrons. The van der Waals surface area contributed by atoms with E-state index in [1.807, 2.05) is 6.92 Å². The number of carbonyl (C=O) groups excluding carboxylic acids is 3. The van der Waals surface area contributed by atoms with Crippen LogP contribution >= 0.6 is 0 Å². The lowest BCUT2D eigenvalue weighted by atomic mass is 9.99. The second kappa shape index (κ2) is 13.1. The first kappa shape index (κ1) is 27.8. The Morgan fingerprint density at radius 3 is 1.83 bits per heavy atom. The van der Waals surface area contributed by atoms with Crippen LogP contribution in [0.15, 0.2) is 0 Å². The molecule has 0 aliphatic carbocycles. The average molecular weight is 433 g/mol. The second-order valence-corrected chi connectivity index (χ2v) is 7.91. The third-order valence-electron chi connectivity index (χ3n) is 4.76. The summed E-state index contributed by atoms with van der Waals surface area (Å²) in [6.07, 6.45) is -0.569. The highest BCUT2D eigenvalue weighted by Gasteiger charge is 2.33. The SMILES string of the molecule is CCC(C)C(N)C(=O)NC(CO)C(=O)NC(C(=O)NC(CC(C)C)C(=O)O)C(C)O. The Morgan fingerprint density at radius 2 is 1.43 bits per heavy atom. The van der Waals surface area contributed by atoms with Crippen molar-refractivity contribution in [1.29, 1.82) is 0 Å². The molecule has 174 valence electrons. The van der Waals surface area contributed by atoms with E-state index in [1.54, 1.807) is 20.8 Å². The molecule has 0 fully saturated rings. The van der Waals surface area contributed by atoms with E-state index in [4.69, 9.17) is 5.73 Å². The Bertz CT molecular complexity index is 597. The topological polar surface area (TPSA) is 191 Å².